The quantitative estimate of drug-likeness (QED) is 0.780. The van der Waals surface area contributed by atoms with Crippen molar-refractivity contribution in [3.05, 3.63) is 46.8 Å². The van der Waals surface area contributed by atoms with E-state index in [2.05, 4.69) is 5.16 Å². The lowest BCUT2D eigenvalue weighted by molar-refractivity contribution is -0.131. The number of sulfonamides is 1. The summed E-state index contributed by atoms with van der Waals surface area (Å²) < 4.78 is 32.1. The molecule has 1 fully saturated rings. The molecule has 0 spiro atoms. The van der Waals surface area contributed by atoms with Crippen LogP contribution < -0.4 is 0 Å². The van der Waals surface area contributed by atoms with Gasteiger partial charge in [-0.25, -0.2) is 8.42 Å². The van der Waals surface area contributed by atoms with E-state index >= 15 is 0 Å². The van der Waals surface area contributed by atoms with Crippen LogP contribution in [-0.4, -0.2) is 54.9 Å². The number of hydrogen-bond donors (Lipinski definition) is 0. The number of piperazine rings is 1. The SMILES string of the molecule is Cc1noc(C)c1CC(=O)N1CCN(S(=O)(=O)c2ccccc2C#N)CC1. The van der Waals surface area contributed by atoms with Crippen molar-refractivity contribution in [2.75, 3.05) is 26.2 Å². The van der Waals surface area contributed by atoms with E-state index < -0.39 is 10.0 Å². The Balaban J connectivity index is 1.68. The first-order valence-electron chi connectivity index (χ1n) is 8.53. The lowest BCUT2D eigenvalue weighted by atomic mass is 10.1. The van der Waals surface area contributed by atoms with Crippen molar-refractivity contribution in [2.45, 2.75) is 25.2 Å². The first-order valence-corrected chi connectivity index (χ1v) is 9.97. The number of nitriles is 1. The van der Waals surface area contributed by atoms with Crippen LogP contribution in [0.15, 0.2) is 33.7 Å². The topological polar surface area (TPSA) is 108 Å². The Morgan fingerprint density at radius 1 is 1.22 bits per heavy atom. The summed E-state index contributed by atoms with van der Waals surface area (Å²) in [5.74, 6) is 0.536. The third-order valence-electron chi connectivity index (χ3n) is 4.73. The van der Waals surface area contributed by atoms with Gasteiger partial charge in [0.25, 0.3) is 0 Å². The molecule has 8 nitrogen and oxygen atoms in total. The van der Waals surface area contributed by atoms with Gasteiger partial charge in [0.15, 0.2) is 0 Å². The summed E-state index contributed by atoms with van der Waals surface area (Å²) in [7, 11) is -3.77. The molecule has 1 saturated heterocycles. The molecule has 1 aliphatic heterocycles. The molecule has 0 bridgehead atoms. The monoisotopic (exact) mass is 388 g/mol. The smallest absolute Gasteiger partial charge is 0.244 e. The highest BCUT2D eigenvalue weighted by molar-refractivity contribution is 7.89. The van der Waals surface area contributed by atoms with Gasteiger partial charge in [-0.3, -0.25) is 4.79 Å². The Kier molecular flexibility index (Phi) is 5.30. The molecule has 2 aromatic rings. The van der Waals surface area contributed by atoms with Gasteiger partial charge in [-0.05, 0) is 26.0 Å². The minimum Gasteiger partial charge on any atom is -0.361 e. The molecule has 1 aliphatic rings. The maximum absolute atomic E-state index is 12.8. The zero-order valence-electron chi connectivity index (χ0n) is 15.2. The molecule has 0 radical (unpaired) electrons. The number of aryl methyl sites for hydroxylation is 2. The van der Waals surface area contributed by atoms with Gasteiger partial charge >= 0.3 is 0 Å². The van der Waals surface area contributed by atoms with E-state index in [0.29, 0.717) is 24.5 Å². The molecule has 9 heteroatoms. The highest BCUT2D eigenvalue weighted by atomic mass is 32.2. The van der Waals surface area contributed by atoms with Gasteiger partial charge in [-0.15, -0.1) is 0 Å². The molecule has 0 aliphatic carbocycles. The molecule has 1 aromatic heterocycles. The maximum Gasteiger partial charge on any atom is 0.244 e. The van der Waals surface area contributed by atoms with E-state index in [1.165, 1.54) is 16.4 Å². The molecular formula is C18H20N4O4S. The summed E-state index contributed by atoms with van der Waals surface area (Å²) in [5, 5.41) is 13.0. The van der Waals surface area contributed by atoms with Crippen LogP contribution in [0.3, 0.4) is 0 Å². The van der Waals surface area contributed by atoms with E-state index in [1.807, 2.05) is 6.07 Å². The van der Waals surface area contributed by atoms with E-state index in [1.54, 1.807) is 30.9 Å². The van der Waals surface area contributed by atoms with Gasteiger partial charge in [-0.2, -0.15) is 9.57 Å². The van der Waals surface area contributed by atoms with Crippen LogP contribution in [0.1, 0.15) is 22.6 Å². The highest BCUT2D eigenvalue weighted by Gasteiger charge is 2.31. The van der Waals surface area contributed by atoms with Gasteiger partial charge in [0.1, 0.15) is 11.8 Å². The minimum absolute atomic E-state index is 0.00278. The second kappa shape index (κ2) is 7.50. The number of rotatable bonds is 4. The van der Waals surface area contributed by atoms with E-state index in [9.17, 15) is 13.2 Å². The Hall–Kier alpha value is -2.70. The number of aromatic nitrogens is 1. The Labute approximate surface area is 158 Å². The fourth-order valence-corrected chi connectivity index (χ4v) is 4.68. The molecule has 1 aromatic carbocycles. The average molecular weight is 388 g/mol. The maximum atomic E-state index is 12.8. The predicted molar refractivity (Wildman–Crippen MR) is 96.2 cm³/mol. The summed E-state index contributed by atoms with van der Waals surface area (Å²) in [6.07, 6.45) is 0.186. The molecular weight excluding hydrogens is 368 g/mol. The first-order chi connectivity index (χ1) is 12.8. The van der Waals surface area contributed by atoms with Crippen LogP contribution in [0.4, 0.5) is 0 Å². The minimum atomic E-state index is -3.77. The number of carbonyl (C=O) groups is 1. The number of carbonyl (C=O) groups excluding carboxylic acids is 1. The third-order valence-corrected chi connectivity index (χ3v) is 6.68. The van der Waals surface area contributed by atoms with Gasteiger partial charge in [0, 0.05) is 31.7 Å². The lowest BCUT2D eigenvalue weighted by Gasteiger charge is -2.34. The summed E-state index contributed by atoms with van der Waals surface area (Å²) in [6, 6.07) is 8.06. The van der Waals surface area contributed by atoms with Gasteiger partial charge in [0.05, 0.1) is 22.6 Å². The van der Waals surface area contributed by atoms with Crippen LogP contribution in [-0.2, 0) is 21.2 Å². The second-order valence-electron chi connectivity index (χ2n) is 6.37. The van der Waals surface area contributed by atoms with Crippen LogP contribution in [0, 0.1) is 25.2 Å². The molecule has 3 rings (SSSR count). The van der Waals surface area contributed by atoms with E-state index in [-0.39, 0.29) is 35.9 Å². The largest absolute Gasteiger partial charge is 0.361 e. The van der Waals surface area contributed by atoms with Crippen LogP contribution in [0.2, 0.25) is 0 Å². The van der Waals surface area contributed by atoms with Crippen molar-refractivity contribution >= 4 is 15.9 Å². The zero-order chi connectivity index (χ0) is 19.6. The lowest BCUT2D eigenvalue weighted by Crippen LogP contribution is -2.51. The first kappa shape index (κ1) is 19.1. The molecule has 2 heterocycles. The van der Waals surface area contributed by atoms with Crippen molar-refractivity contribution in [3.8, 4) is 6.07 Å². The molecule has 1 amide bonds. The third kappa shape index (κ3) is 3.72. The molecule has 0 saturated carbocycles. The van der Waals surface area contributed by atoms with E-state index in [0.717, 1.165) is 5.56 Å². The number of amides is 1. The Morgan fingerprint density at radius 3 is 2.48 bits per heavy atom. The number of nitrogens with zero attached hydrogens (tertiary/aromatic N) is 4. The molecule has 142 valence electrons. The Morgan fingerprint density at radius 2 is 1.89 bits per heavy atom. The van der Waals surface area contributed by atoms with Gasteiger partial charge in [-0.1, -0.05) is 17.3 Å². The number of hydrogen-bond acceptors (Lipinski definition) is 6. The van der Waals surface area contributed by atoms with Crippen molar-refractivity contribution in [1.29, 1.82) is 5.26 Å². The highest BCUT2D eigenvalue weighted by Crippen LogP contribution is 2.21. The fraction of sp³-hybridized carbons (Fsp3) is 0.389. The van der Waals surface area contributed by atoms with Crippen molar-refractivity contribution in [3.63, 3.8) is 0 Å². The fourth-order valence-electron chi connectivity index (χ4n) is 3.12. The Bertz CT molecular complexity index is 979. The second-order valence-corrected chi connectivity index (χ2v) is 8.28. The van der Waals surface area contributed by atoms with Crippen molar-refractivity contribution < 1.29 is 17.7 Å². The molecule has 0 unspecified atom stereocenters. The van der Waals surface area contributed by atoms with E-state index in [4.69, 9.17) is 9.78 Å². The zero-order valence-corrected chi connectivity index (χ0v) is 16.0. The summed E-state index contributed by atoms with van der Waals surface area (Å²) in [5.41, 5.74) is 1.59. The summed E-state index contributed by atoms with van der Waals surface area (Å²) in [4.78, 5) is 14.2. The van der Waals surface area contributed by atoms with Crippen LogP contribution >= 0.6 is 0 Å². The van der Waals surface area contributed by atoms with Crippen LogP contribution in [0.5, 0.6) is 0 Å². The average Bonchev–Trinajstić information content (AvgIpc) is 3.00. The molecule has 0 atom stereocenters. The summed E-state index contributed by atoms with van der Waals surface area (Å²) >= 11 is 0. The molecule has 0 N–H and O–H groups in total. The molecule has 27 heavy (non-hydrogen) atoms. The summed E-state index contributed by atoms with van der Waals surface area (Å²) in [6.45, 7) is 4.53. The van der Waals surface area contributed by atoms with Crippen molar-refractivity contribution in [1.82, 2.24) is 14.4 Å². The van der Waals surface area contributed by atoms with Gasteiger partial charge in [0.2, 0.25) is 15.9 Å². The van der Waals surface area contributed by atoms with Crippen LogP contribution in [0.25, 0.3) is 0 Å². The number of benzene rings is 1. The predicted octanol–water partition coefficient (Wildman–Crippen LogP) is 1.24. The van der Waals surface area contributed by atoms with Crippen molar-refractivity contribution in [2.24, 2.45) is 0 Å². The standard InChI is InChI=1S/C18H20N4O4S/c1-13-16(14(2)26-20-13)11-18(23)21-7-9-22(10-8-21)27(24,25)17-6-4-3-5-15(17)12-19/h3-6H,7-11H2,1-2H3. The normalized spacial score (nSPS) is 15.5. The van der Waals surface area contributed by atoms with Gasteiger partial charge < -0.3 is 9.42 Å².